The maximum absolute atomic E-state index is 12.7. The van der Waals surface area contributed by atoms with Gasteiger partial charge >= 0.3 is 0 Å². The Bertz CT molecular complexity index is 868. The van der Waals surface area contributed by atoms with Gasteiger partial charge in [-0.3, -0.25) is 9.59 Å². The Morgan fingerprint density at radius 1 is 1.14 bits per heavy atom. The Kier molecular flexibility index (Phi) is 6.03. The summed E-state index contributed by atoms with van der Waals surface area (Å²) in [7, 11) is 3.09. The summed E-state index contributed by atoms with van der Waals surface area (Å²) < 4.78 is 16.2. The topological polar surface area (TPSA) is 77.1 Å². The molecule has 0 saturated carbocycles. The second kappa shape index (κ2) is 8.65. The molecule has 0 fully saturated rings. The zero-order chi connectivity index (χ0) is 20.1. The molecule has 3 rings (SSSR count). The highest BCUT2D eigenvalue weighted by Gasteiger charge is 2.33. The average molecular weight is 384 g/mol. The molecule has 2 aromatic rings. The van der Waals surface area contributed by atoms with Crippen LogP contribution in [0.2, 0.25) is 0 Å². The second-order valence-corrected chi connectivity index (χ2v) is 6.34. The number of benzene rings is 2. The molecule has 7 nitrogen and oxygen atoms in total. The van der Waals surface area contributed by atoms with Gasteiger partial charge in [-0.25, -0.2) is 0 Å². The van der Waals surface area contributed by atoms with Crippen molar-refractivity contribution in [1.29, 1.82) is 0 Å². The highest BCUT2D eigenvalue weighted by Crippen LogP contribution is 2.34. The predicted molar refractivity (Wildman–Crippen MR) is 106 cm³/mol. The molecule has 2 amide bonds. The third kappa shape index (κ3) is 4.03. The molecule has 0 saturated heterocycles. The average Bonchev–Trinajstić information content (AvgIpc) is 2.72. The van der Waals surface area contributed by atoms with E-state index in [1.165, 1.54) is 7.11 Å². The van der Waals surface area contributed by atoms with Gasteiger partial charge in [-0.05, 0) is 30.7 Å². The largest absolute Gasteiger partial charge is 0.493 e. The van der Waals surface area contributed by atoms with Gasteiger partial charge in [0, 0.05) is 24.7 Å². The van der Waals surface area contributed by atoms with E-state index in [1.807, 2.05) is 31.2 Å². The van der Waals surface area contributed by atoms with E-state index in [0.717, 1.165) is 0 Å². The highest BCUT2D eigenvalue weighted by molar-refractivity contribution is 6.01. The molecule has 148 valence electrons. The number of nitrogens with one attached hydrogen (secondary N) is 1. The number of anilines is 2. The number of carbonyl (C=O) groups excluding carboxylic acids is 2. The van der Waals surface area contributed by atoms with Gasteiger partial charge in [0.25, 0.3) is 5.91 Å². The molecular formula is C21H24N2O5. The van der Waals surface area contributed by atoms with Crippen molar-refractivity contribution in [3.8, 4) is 17.2 Å². The fraction of sp³-hybridized carbons (Fsp3) is 0.333. The molecule has 0 aromatic heterocycles. The van der Waals surface area contributed by atoms with Crippen molar-refractivity contribution in [2.45, 2.75) is 25.9 Å². The van der Waals surface area contributed by atoms with E-state index in [2.05, 4.69) is 5.32 Å². The Balaban J connectivity index is 1.68. The van der Waals surface area contributed by atoms with Crippen LogP contribution in [0.4, 0.5) is 11.4 Å². The first-order valence-corrected chi connectivity index (χ1v) is 9.16. The number of hydrogen-bond acceptors (Lipinski definition) is 5. The number of nitrogens with zero attached hydrogens (tertiary/aromatic N) is 1. The molecule has 0 aliphatic carbocycles. The van der Waals surface area contributed by atoms with Gasteiger partial charge in [0.1, 0.15) is 5.75 Å². The van der Waals surface area contributed by atoms with Crippen LogP contribution in [0.1, 0.15) is 19.8 Å². The quantitative estimate of drug-likeness (QED) is 0.793. The number of methoxy groups -OCH3 is 2. The SMILES string of the molecule is CCC1Oc2ccccc2N(CCC(=O)Nc2ccc(OC)c(OC)c2)C1=O. The van der Waals surface area contributed by atoms with Crippen LogP contribution in [0, 0.1) is 0 Å². The number of ether oxygens (including phenoxy) is 3. The minimum Gasteiger partial charge on any atom is -0.493 e. The number of fused-ring (bicyclic) bond motifs is 1. The smallest absolute Gasteiger partial charge is 0.268 e. The third-order valence-corrected chi connectivity index (χ3v) is 4.57. The molecule has 2 aromatic carbocycles. The van der Waals surface area contributed by atoms with E-state index in [4.69, 9.17) is 14.2 Å². The van der Waals surface area contributed by atoms with Gasteiger partial charge in [-0.1, -0.05) is 19.1 Å². The first-order chi connectivity index (χ1) is 13.6. The molecule has 1 atom stereocenters. The van der Waals surface area contributed by atoms with Crippen LogP contribution in [-0.2, 0) is 9.59 Å². The Labute approximate surface area is 164 Å². The van der Waals surface area contributed by atoms with Crippen molar-refractivity contribution in [3.05, 3.63) is 42.5 Å². The van der Waals surface area contributed by atoms with Crippen LogP contribution in [-0.4, -0.2) is 38.7 Å². The van der Waals surface area contributed by atoms with Crippen LogP contribution in [0.15, 0.2) is 42.5 Å². The van der Waals surface area contributed by atoms with Gasteiger partial charge in [-0.15, -0.1) is 0 Å². The van der Waals surface area contributed by atoms with E-state index in [1.54, 1.807) is 30.2 Å². The van der Waals surface area contributed by atoms with E-state index in [-0.39, 0.29) is 24.8 Å². The maximum atomic E-state index is 12.7. The van der Waals surface area contributed by atoms with E-state index in [9.17, 15) is 9.59 Å². The summed E-state index contributed by atoms with van der Waals surface area (Å²) in [5, 5.41) is 2.83. The van der Waals surface area contributed by atoms with E-state index >= 15 is 0 Å². The van der Waals surface area contributed by atoms with Crippen LogP contribution >= 0.6 is 0 Å². The molecule has 1 unspecified atom stereocenters. The predicted octanol–water partition coefficient (Wildman–Crippen LogP) is 3.24. The number of amides is 2. The Morgan fingerprint density at radius 2 is 1.89 bits per heavy atom. The maximum Gasteiger partial charge on any atom is 0.268 e. The molecule has 1 heterocycles. The molecule has 0 spiro atoms. The van der Waals surface area contributed by atoms with Gasteiger partial charge in [0.15, 0.2) is 17.6 Å². The molecule has 28 heavy (non-hydrogen) atoms. The summed E-state index contributed by atoms with van der Waals surface area (Å²) in [6.45, 7) is 2.17. The molecule has 1 N–H and O–H groups in total. The number of para-hydroxylation sites is 2. The van der Waals surface area contributed by atoms with Crippen LogP contribution < -0.4 is 24.4 Å². The standard InChI is InChI=1S/C21H24N2O5/c1-4-16-21(25)23(15-7-5-6-8-17(15)28-16)12-11-20(24)22-14-9-10-18(26-2)19(13-14)27-3/h5-10,13,16H,4,11-12H2,1-3H3,(H,22,24). The lowest BCUT2D eigenvalue weighted by Gasteiger charge is -2.33. The minimum absolute atomic E-state index is 0.125. The van der Waals surface area contributed by atoms with Crippen molar-refractivity contribution < 1.29 is 23.8 Å². The second-order valence-electron chi connectivity index (χ2n) is 6.34. The van der Waals surface area contributed by atoms with Crippen molar-refractivity contribution in [3.63, 3.8) is 0 Å². The summed E-state index contributed by atoms with van der Waals surface area (Å²) in [4.78, 5) is 26.7. The molecule has 1 aliphatic rings. The first kappa shape index (κ1) is 19.5. The lowest BCUT2D eigenvalue weighted by atomic mass is 10.1. The summed E-state index contributed by atoms with van der Waals surface area (Å²) in [5.41, 5.74) is 1.29. The van der Waals surface area contributed by atoms with Crippen molar-refractivity contribution in [1.82, 2.24) is 0 Å². The summed E-state index contributed by atoms with van der Waals surface area (Å²) in [6, 6.07) is 12.5. The molecule has 0 bridgehead atoms. The lowest BCUT2D eigenvalue weighted by molar-refractivity contribution is -0.126. The van der Waals surface area contributed by atoms with Crippen molar-refractivity contribution in [2.75, 3.05) is 31.0 Å². The molecule has 0 radical (unpaired) electrons. The lowest BCUT2D eigenvalue weighted by Crippen LogP contribution is -2.46. The summed E-state index contributed by atoms with van der Waals surface area (Å²) in [5.74, 6) is 1.46. The monoisotopic (exact) mass is 384 g/mol. The van der Waals surface area contributed by atoms with Gasteiger partial charge in [0.2, 0.25) is 5.91 Å². The van der Waals surface area contributed by atoms with Crippen LogP contribution in [0.5, 0.6) is 17.2 Å². The van der Waals surface area contributed by atoms with Gasteiger partial charge in [0.05, 0.1) is 19.9 Å². The first-order valence-electron chi connectivity index (χ1n) is 9.16. The minimum atomic E-state index is -0.524. The fourth-order valence-corrected chi connectivity index (χ4v) is 3.12. The number of hydrogen-bond donors (Lipinski definition) is 1. The highest BCUT2D eigenvalue weighted by atomic mass is 16.5. The van der Waals surface area contributed by atoms with Gasteiger partial charge < -0.3 is 24.4 Å². The normalized spacial score (nSPS) is 15.5. The summed E-state index contributed by atoms with van der Waals surface area (Å²) in [6.07, 6.45) is 0.204. The number of rotatable bonds is 7. The molecular weight excluding hydrogens is 360 g/mol. The number of carbonyl (C=O) groups is 2. The van der Waals surface area contributed by atoms with Crippen LogP contribution in [0.3, 0.4) is 0 Å². The molecule has 1 aliphatic heterocycles. The molecule has 7 heteroatoms. The van der Waals surface area contributed by atoms with E-state index < -0.39 is 6.10 Å². The van der Waals surface area contributed by atoms with E-state index in [0.29, 0.717) is 35.0 Å². The Morgan fingerprint density at radius 3 is 2.61 bits per heavy atom. The fourth-order valence-electron chi connectivity index (χ4n) is 3.12. The zero-order valence-corrected chi connectivity index (χ0v) is 16.2. The summed E-state index contributed by atoms with van der Waals surface area (Å²) >= 11 is 0. The van der Waals surface area contributed by atoms with Gasteiger partial charge in [-0.2, -0.15) is 0 Å². The van der Waals surface area contributed by atoms with Crippen molar-refractivity contribution in [2.24, 2.45) is 0 Å². The zero-order valence-electron chi connectivity index (χ0n) is 16.2. The van der Waals surface area contributed by atoms with Crippen molar-refractivity contribution >= 4 is 23.2 Å². The third-order valence-electron chi connectivity index (χ3n) is 4.57. The Hall–Kier alpha value is -3.22. The van der Waals surface area contributed by atoms with Crippen LogP contribution in [0.25, 0.3) is 0 Å².